The Kier molecular flexibility index (Phi) is 9.03. The van der Waals surface area contributed by atoms with Crippen molar-refractivity contribution >= 4 is 29.7 Å². The zero-order valence-electron chi connectivity index (χ0n) is 17.6. The maximum atomic E-state index is 12.0. The van der Waals surface area contributed by atoms with E-state index in [0.29, 0.717) is 22.7 Å². The van der Waals surface area contributed by atoms with E-state index in [0.717, 1.165) is 0 Å². The summed E-state index contributed by atoms with van der Waals surface area (Å²) in [6.07, 6.45) is 0.309. The highest BCUT2D eigenvalue weighted by atomic mass is 16.6. The van der Waals surface area contributed by atoms with Gasteiger partial charge in [0.1, 0.15) is 17.9 Å². The number of methoxy groups -OCH3 is 1. The van der Waals surface area contributed by atoms with Crippen LogP contribution in [0, 0.1) is 0 Å². The molecule has 0 radical (unpaired) electrons. The van der Waals surface area contributed by atoms with Crippen LogP contribution >= 0.6 is 0 Å². The minimum atomic E-state index is -0.722. The van der Waals surface area contributed by atoms with Gasteiger partial charge in [-0.05, 0) is 55.8 Å². The standard InChI is InChI=1S/C22H25N3O6/c1-4-30-22(28)15(2)31-17-11-9-16(10-12-17)14-23-25-21(27)13-20(26)24-18-7-5-6-8-19(18)29-3/h5-12,14-15H,4,13H2,1-3H3,(H,24,26)(H,25,27). The molecule has 2 rings (SSSR count). The molecular formula is C22H25N3O6. The summed E-state index contributed by atoms with van der Waals surface area (Å²) in [6, 6.07) is 13.6. The fraction of sp³-hybridized carbons (Fsp3) is 0.273. The Morgan fingerprint density at radius 3 is 2.45 bits per heavy atom. The van der Waals surface area contributed by atoms with Crippen molar-refractivity contribution in [1.29, 1.82) is 0 Å². The summed E-state index contributed by atoms with van der Waals surface area (Å²) in [5.74, 6) is -0.500. The molecule has 164 valence electrons. The third-order valence-electron chi connectivity index (χ3n) is 3.92. The van der Waals surface area contributed by atoms with Crippen LogP contribution in [-0.4, -0.2) is 43.8 Å². The van der Waals surface area contributed by atoms with Crippen molar-refractivity contribution in [3.05, 3.63) is 54.1 Å². The molecule has 0 bridgehead atoms. The minimum absolute atomic E-state index is 0.287. The molecule has 2 amide bonds. The number of carbonyl (C=O) groups excluding carboxylic acids is 3. The van der Waals surface area contributed by atoms with E-state index in [2.05, 4.69) is 15.8 Å². The number of nitrogens with one attached hydrogen (secondary N) is 2. The van der Waals surface area contributed by atoms with E-state index in [1.807, 2.05) is 0 Å². The van der Waals surface area contributed by atoms with Crippen LogP contribution in [0.15, 0.2) is 53.6 Å². The van der Waals surface area contributed by atoms with Crippen molar-refractivity contribution < 1.29 is 28.6 Å². The zero-order chi connectivity index (χ0) is 22.6. The number of hydrogen-bond acceptors (Lipinski definition) is 7. The van der Waals surface area contributed by atoms with Gasteiger partial charge in [-0.25, -0.2) is 10.2 Å². The van der Waals surface area contributed by atoms with Crippen LogP contribution in [0.5, 0.6) is 11.5 Å². The zero-order valence-corrected chi connectivity index (χ0v) is 17.6. The summed E-state index contributed by atoms with van der Waals surface area (Å²) in [4.78, 5) is 35.5. The highest BCUT2D eigenvalue weighted by Gasteiger charge is 2.15. The number of hydrazone groups is 1. The molecule has 0 heterocycles. The summed E-state index contributed by atoms with van der Waals surface area (Å²) < 4.78 is 15.5. The minimum Gasteiger partial charge on any atom is -0.495 e. The molecule has 1 unspecified atom stereocenters. The predicted molar refractivity (Wildman–Crippen MR) is 115 cm³/mol. The van der Waals surface area contributed by atoms with Crippen molar-refractivity contribution in [3.8, 4) is 11.5 Å². The summed E-state index contributed by atoms with van der Waals surface area (Å²) in [5, 5.41) is 6.45. The van der Waals surface area contributed by atoms with Gasteiger partial charge in [-0.2, -0.15) is 5.10 Å². The van der Waals surface area contributed by atoms with Gasteiger partial charge in [-0.15, -0.1) is 0 Å². The molecule has 0 spiro atoms. The number of amides is 2. The van der Waals surface area contributed by atoms with E-state index in [1.54, 1.807) is 62.4 Å². The van der Waals surface area contributed by atoms with Crippen LogP contribution in [0.3, 0.4) is 0 Å². The number of benzene rings is 2. The molecule has 0 aromatic heterocycles. The monoisotopic (exact) mass is 427 g/mol. The van der Waals surface area contributed by atoms with E-state index in [9.17, 15) is 14.4 Å². The highest BCUT2D eigenvalue weighted by Crippen LogP contribution is 2.23. The lowest BCUT2D eigenvalue weighted by atomic mass is 10.2. The summed E-state index contributed by atoms with van der Waals surface area (Å²) >= 11 is 0. The van der Waals surface area contributed by atoms with Crippen LogP contribution < -0.4 is 20.2 Å². The number of rotatable bonds is 10. The maximum Gasteiger partial charge on any atom is 0.347 e. The third-order valence-corrected chi connectivity index (χ3v) is 3.92. The number of para-hydroxylation sites is 2. The number of esters is 1. The van der Waals surface area contributed by atoms with E-state index in [4.69, 9.17) is 14.2 Å². The molecule has 9 heteroatoms. The van der Waals surface area contributed by atoms with Crippen LogP contribution in [0.4, 0.5) is 5.69 Å². The molecule has 2 aromatic carbocycles. The first kappa shape index (κ1) is 23.4. The van der Waals surface area contributed by atoms with Crippen LogP contribution in [-0.2, 0) is 19.1 Å². The van der Waals surface area contributed by atoms with Gasteiger partial charge < -0.3 is 19.5 Å². The number of carbonyl (C=O) groups is 3. The van der Waals surface area contributed by atoms with Gasteiger partial charge in [0.2, 0.25) is 11.8 Å². The molecule has 0 aliphatic rings. The van der Waals surface area contributed by atoms with Crippen molar-refractivity contribution in [3.63, 3.8) is 0 Å². The first-order valence-corrected chi connectivity index (χ1v) is 9.61. The Balaban J connectivity index is 1.80. The van der Waals surface area contributed by atoms with Gasteiger partial charge in [-0.3, -0.25) is 9.59 Å². The van der Waals surface area contributed by atoms with Gasteiger partial charge in [-0.1, -0.05) is 12.1 Å². The van der Waals surface area contributed by atoms with E-state index >= 15 is 0 Å². The Bertz CT molecular complexity index is 927. The second kappa shape index (κ2) is 12.0. The lowest BCUT2D eigenvalue weighted by Gasteiger charge is -2.13. The van der Waals surface area contributed by atoms with Crippen LogP contribution in [0.25, 0.3) is 0 Å². The Morgan fingerprint density at radius 1 is 1.06 bits per heavy atom. The molecule has 31 heavy (non-hydrogen) atoms. The number of ether oxygens (including phenoxy) is 3. The fourth-order valence-corrected chi connectivity index (χ4v) is 2.45. The first-order chi connectivity index (χ1) is 14.9. The molecule has 9 nitrogen and oxygen atoms in total. The fourth-order valence-electron chi connectivity index (χ4n) is 2.45. The largest absolute Gasteiger partial charge is 0.495 e. The maximum absolute atomic E-state index is 12.0. The summed E-state index contributed by atoms with van der Waals surface area (Å²) in [7, 11) is 1.49. The van der Waals surface area contributed by atoms with Crippen molar-refractivity contribution in [2.24, 2.45) is 5.10 Å². The summed E-state index contributed by atoms with van der Waals surface area (Å²) in [5.41, 5.74) is 3.47. The Hall–Kier alpha value is -3.88. The van der Waals surface area contributed by atoms with E-state index in [-0.39, 0.29) is 6.61 Å². The SMILES string of the molecule is CCOC(=O)C(C)Oc1ccc(C=NNC(=O)CC(=O)Nc2ccccc2OC)cc1. The molecule has 0 aliphatic carbocycles. The second-order valence-corrected chi connectivity index (χ2v) is 6.30. The average molecular weight is 427 g/mol. The number of hydrogen-bond donors (Lipinski definition) is 2. The number of anilines is 1. The Morgan fingerprint density at radius 2 is 1.77 bits per heavy atom. The smallest absolute Gasteiger partial charge is 0.347 e. The molecule has 0 saturated carbocycles. The van der Waals surface area contributed by atoms with E-state index < -0.39 is 30.3 Å². The lowest BCUT2D eigenvalue weighted by Crippen LogP contribution is -2.26. The molecule has 0 fully saturated rings. The van der Waals surface area contributed by atoms with Crippen molar-refractivity contribution in [2.75, 3.05) is 19.0 Å². The quantitative estimate of drug-likeness (QED) is 0.261. The molecular weight excluding hydrogens is 402 g/mol. The van der Waals surface area contributed by atoms with Crippen molar-refractivity contribution in [2.45, 2.75) is 26.4 Å². The topological polar surface area (TPSA) is 115 Å². The molecule has 2 aromatic rings. The van der Waals surface area contributed by atoms with E-state index in [1.165, 1.54) is 13.3 Å². The lowest BCUT2D eigenvalue weighted by molar-refractivity contribution is -0.150. The molecule has 1 atom stereocenters. The number of nitrogens with zero attached hydrogens (tertiary/aromatic N) is 1. The van der Waals surface area contributed by atoms with Gasteiger partial charge in [0.15, 0.2) is 6.10 Å². The molecule has 0 aliphatic heterocycles. The van der Waals surface area contributed by atoms with Gasteiger partial charge in [0.25, 0.3) is 0 Å². The van der Waals surface area contributed by atoms with Gasteiger partial charge in [0, 0.05) is 0 Å². The first-order valence-electron chi connectivity index (χ1n) is 9.61. The van der Waals surface area contributed by atoms with Crippen LogP contribution in [0.2, 0.25) is 0 Å². The molecule has 0 saturated heterocycles. The van der Waals surface area contributed by atoms with Crippen molar-refractivity contribution in [1.82, 2.24) is 5.43 Å². The van der Waals surface area contributed by atoms with Crippen LogP contribution in [0.1, 0.15) is 25.8 Å². The molecule has 2 N–H and O–H groups in total. The normalized spacial score (nSPS) is 11.5. The highest BCUT2D eigenvalue weighted by molar-refractivity contribution is 6.04. The summed E-state index contributed by atoms with van der Waals surface area (Å²) in [6.45, 7) is 3.62. The Labute approximate surface area is 180 Å². The second-order valence-electron chi connectivity index (χ2n) is 6.30. The average Bonchev–Trinajstić information content (AvgIpc) is 2.75. The van der Waals surface area contributed by atoms with Gasteiger partial charge >= 0.3 is 5.97 Å². The van der Waals surface area contributed by atoms with Gasteiger partial charge in [0.05, 0.1) is 25.6 Å². The third kappa shape index (κ3) is 7.81. The predicted octanol–water partition coefficient (Wildman–Crippen LogP) is 2.50.